The molecule has 6 rings (SSSR count). The number of rotatable bonds is 4. The van der Waals surface area contributed by atoms with Crippen molar-refractivity contribution < 1.29 is 0 Å². The van der Waals surface area contributed by atoms with Gasteiger partial charge in [0.25, 0.3) is 0 Å². The molecule has 8 heteroatoms. The van der Waals surface area contributed by atoms with Crippen LogP contribution in [0.3, 0.4) is 0 Å². The third kappa shape index (κ3) is 2.83. The van der Waals surface area contributed by atoms with Crippen molar-refractivity contribution in [2.24, 2.45) is 14.1 Å². The van der Waals surface area contributed by atoms with Crippen LogP contribution < -0.4 is 5.69 Å². The number of hydrogen-bond acceptors (Lipinski definition) is 4. The van der Waals surface area contributed by atoms with Crippen LogP contribution in [0.5, 0.6) is 0 Å². The summed E-state index contributed by atoms with van der Waals surface area (Å²) in [6.07, 6.45) is 3.84. The van der Waals surface area contributed by atoms with Crippen molar-refractivity contribution in [3.05, 3.63) is 65.2 Å². The fourth-order valence-electron chi connectivity index (χ4n) is 4.08. The molecular formula is C23H21N7O. The summed E-state index contributed by atoms with van der Waals surface area (Å²) in [7, 11) is 3.62. The molecule has 0 atom stereocenters. The fraction of sp³-hybridized carbons (Fsp3) is 0.217. The Morgan fingerprint density at radius 1 is 1.00 bits per heavy atom. The number of benzene rings is 2. The van der Waals surface area contributed by atoms with E-state index in [1.807, 2.05) is 60.4 Å². The lowest BCUT2D eigenvalue weighted by Crippen LogP contribution is -2.22. The molecule has 3 heterocycles. The van der Waals surface area contributed by atoms with E-state index in [0.29, 0.717) is 5.82 Å². The number of aromatic nitrogens is 7. The van der Waals surface area contributed by atoms with Crippen LogP contribution >= 0.6 is 0 Å². The molecule has 5 aromatic rings. The Labute approximate surface area is 177 Å². The molecule has 0 spiro atoms. The monoisotopic (exact) mass is 411 g/mol. The molecule has 3 aromatic heterocycles. The molecule has 1 aliphatic carbocycles. The van der Waals surface area contributed by atoms with E-state index in [-0.39, 0.29) is 11.7 Å². The van der Waals surface area contributed by atoms with Crippen molar-refractivity contribution in [2.45, 2.75) is 18.9 Å². The van der Waals surface area contributed by atoms with E-state index in [0.717, 1.165) is 52.1 Å². The van der Waals surface area contributed by atoms with E-state index >= 15 is 0 Å². The van der Waals surface area contributed by atoms with E-state index in [2.05, 4.69) is 21.2 Å². The van der Waals surface area contributed by atoms with E-state index < -0.39 is 0 Å². The highest BCUT2D eigenvalue weighted by Crippen LogP contribution is 2.39. The van der Waals surface area contributed by atoms with Gasteiger partial charge in [-0.15, -0.1) is 5.10 Å². The molecule has 1 N–H and O–H groups in total. The molecule has 154 valence electrons. The van der Waals surface area contributed by atoms with Gasteiger partial charge in [0.05, 0.1) is 11.7 Å². The van der Waals surface area contributed by atoms with Crippen LogP contribution in [0, 0.1) is 0 Å². The van der Waals surface area contributed by atoms with Crippen molar-refractivity contribution >= 4 is 10.9 Å². The maximum Gasteiger partial charge on any atom is 0.346 e. The van der Waals surface area contributed by atoms with Crippen LogP contribution in [0.25, 0.3) is 45.1 Å². The van der Waals surface area contributed by atoms with Crippen molar-refractivity contribution in [3.63, 3.8) is 0 Å². The second kappa shape index (κ2) is 6.53. The molecule has 1 aliphatic rings. The highest BCUT2D eigenvalue weighted by molar-refractivity contribution is 5.87. The molecule has 0 aliphatic heterocycles. The van der Waals surface area contributed by atoms with Gasteiger partial charge in [-0.3, -0.25) is 9.25 Å². The Morgan fingerprint density at radius 3 is 2.58 bits per heavy atom. The normalized spacial score (nSPS) is 13.9. The first-order valence-corrected chi connectivity index (χ1v) is 10.3. The largest absolute Gasteiger partial charge is 0.346 e. The van der Waals surface area contributed by atoms with Crippen molar-refractivity contribution in [1.82, 2.24) is 34.1 Å². The maximum absolute atomic E-state index is 12.8. The Balaban J connectivity index is 1.61. The zero-order chi connectivity index (χ0) is 21.1. The number of nitrogens with one attached hydrogen (secondary N) is 1. The highest BCUT2D eigenvalue weighted by atomic mass is 16.2. The van der Waals surface area contributed by atoms with Crippen LogP contribution in [-0.2, 0) is 14.1 Å². The Hall–Kier alpha value is -3.94. The first kappa shape index (κ1) is 17.9. The molecule has 0 radical (unpaired) electrons. The molecule has 1 fully saturated rings. The van der Waals surface area contributed by atoms with Crippen molar-refractivity contribution in [2.75, 3.05) is 0 Å². The zero-order valence-corrected chi connectivity index (χ0v) is 17.3. The predicted molar refractivity (Wildman–Crippen MR) is 118 cm³/mol. The van der Waals surface area contributed by atoms with Crippen molar-refractivity contribution in [1.29, 1.82) is 0 Å². The van der Waals surface area contributed by atoms with Crippen LogP contribution in [-0.4, -0.2) is 34.1 Å². The number of hydrogen-bond donors (Lipinski definition) is 1. The summed E-state index contributed by atoms with van der Waals surface area (Å²) in [6.45, 7) is 0. The maximum atomic E-state index is 12.8. The molecule has 2 aromatic carbocycles. The summed E-state index contributed by atoms with van der Waals surface area (Å²) in [6, 6.07) is 16.4. The smallest absolute Gasteiger partial charge is 0.335 e. The van der Waals surface area contributed by atoms with Crippen LogP contribution in [0.2, 0.25) is 0 Å². The zero-order valence-electron chi connectivity index (χ0n) is 17.3. The topological polar surface area (TPSA) is 86.3 Å². The van der Waals surface area contributed by atoms with Gasteiger partial charge in [0.15, 0.2) is 5.82 Å². The fourth-order valence-corrected chi connectivity index (χ4v) is 4.08. The number of imidazole rings is 1. The standard InChI is InChI=1S/C23H21N7O/c1-28-18-12-15(8-9-16(18)13-24-28)19-20(26-21(25-19)14-6-4-3-5-7-14)22-27-29(2)23(31)30(22)17-10-11-17/h3-9,12-13,17H,10-11H2,1-2H3,(H,25,26). The Morgan fingerprint density at radius 2 is 1.81 bits per heavy atom. The summed E-state index contributed by atoms with van der Waals surface area (Å²) in [5, 5.41) is 10.0. The number of fused-ring (bicyclic) bond motifs is 1. The molecule has 1 saturated carbocycles. The summed E-state index contributed by atoms with van der Waals surface area (Å²) in [5.41, 5.74) is 4.38. The van der Waals surface area contributed by atoms with Crippen LogP contribution in [0.1, 0.15) is 18.9 Å². The molecule has 0 unspecified atom stereocenters. The number of H-pyrrole nitrogens is 1. The average Bonchev–Trinajstić information content (AvgIpc) is 3.30. The van der Waals surface area contributed by atoms with Gasteiger partial charge in [-0.25, -0.2) is 14.5 Å². The van der Waals surface area contributed by atoms with Gasteiger partial charge in [-0.1, -0.05) is 42.5 Å². The van der Waals surface area contributed by atoms with Gasteiger partial charge in [0.2, 0.25) is 0 Å². The van der Waals surface area contributed by atoms with Crippen LogP contribution in [0.15, 0.2) is 59.5 Å². The summed E-state index contributed by atoms with van der Waals surface area (Å²) in [5.74, 6) is 1.38. The third-order valence-electron chi connectivity index (χ3n) is 5.87. The first-order chi connectivity index (χ1) is 15.1. The lowest BCUT2D eigenvalue weighted by atomic mass is 10.1. The van der Waals surface area contributed by atoms with Gasteiger partial charge in [0.1, 0.15) is 17.2 Å². The number of aryl methyl sites for hydroxylation is 2. The van der Waals surface area contributed by atoms with Gasteiger partial charge in [-0.2, -0.15) is 5.10 Å². The quantitative estimate of drug-likeness (QED) is 0.490. The molecular weight excluding hydrogens is 390 g/mol. The minimum absolute atomic E-state index is 0.0959. The number of aromatic amines is 1. The van der Waals surface area contributed by atoms with E-state index in [4.69, 9.17) is 4.98 Å². The van der Waals surface area contributed by atoms with E-state index in [9.17, 15) is 4.79 Å². The van der Waals surface area contributed by atoms with Crippen LogP contribution in [0.4, 0.5) is 0 Å². The second-order valence-electron chi connectivity index (χ2n) is 8.05. The summed E-state index contributed by atoms with van der Waals surface area (Å²) >= 11 is 0. The minimum Gasteiger partial charge on any atom is -0.335 e. The second-order valence-corrected chi connectivity index (χ2v) is 8.05. The summed E-state index contributed by atoms with van der Waals surface area (Å²) < 4.78 is 5.06. The Bertz CT molecular complexity index is 1480. The minimum atomic E-state index is -0.0959. The lowest BCUT2D eigenvalue weighted by Gasteiger charge is -2.05. The molecule has 31 heavy (non-hydrogen) atoms. The SMILES string of the molecule is Cn1nc(-c2[nH]c(-c3ccccc3)nc2-c2ccc3cnn(C)c3c2)n(C2CC2)c1=O. The third-order valence-corrected chi connectivity index (χ3v) is 5.87. The molecule has 8 nitrogen and oxygen atoms in total. The Kier molecular flexibility index (Phi) is 3.77. The van der Waals surface area contributed by atoms with E-state index in [1.165, 1.54) is 4.68 Å². The highest BCUT2D eigenvalue weighted by Gasteiger charge is 2.32. The molecule has 0 bridgehead atoms. The van der Waals surface area contributed by atoms with Gasteiger partial charge in [-0.05, 0) is 18.9 Å². The predicted octanol–water partition coefficient (Wildman–Crippen LogP) is 3.53. The lowest BCUT2D eigenvalue weighted by molar-refractivity contribution is 0.667. The number of nitrogens with zero attached hydrogens (tertiary/aromatic N) is 6. The molecule has 0 saturated heterocycles. The van der Waals surface area contributed by atoms with E-state index in [1.54, 1.807) is 11.6 Å². The van der Waals surface area contributed by atoms with Gasteiger partial charge < -0.3 is 4.98 Å². The van der Waals surface area contributed by atoms with Gasteiger partial charge >= 0.3 is 5.69 Å². The van der Waals surface area contributed by atoms with Crippen molar-refractivity contribution in [3.8, 4) is 34.2 Å². The van der Waals surface area contributed by atoms with Gasteiger partial charge in [0, 0.05) is 36.7 Å². The first-order valence-electron chi connectivity index (χ1n) is 10.3. The average molecular weight is 411 g/mol. The summed E-state index contributed by atoms with van der Waals surface area (Å²) in [4.78, 5) is 21.2. The molecule has 0 amide bonds.